The van der Waals surface area contributed by atoms with Gasteiger partial charge in [-0.15, -0.1) is 0 Å². The lowest BCUT2D eigenvalue weighted by atomic mass is 10.0. The van der Waals surface area contributed by atoms with Gasteiger partial charge in [-0.3, -0.25) is 0 Å². The Labute approximate surface area is 105 Å². The number of rotatable bonds is 6. The van der Waals surface area contributed by atoms with Crippen molar-refractivity contribution in [3.8, 4) is 5.75 Å². The molecule has 0 unspecified atom stereocenters. The minimum Gasteiger partial charge on any atom is -0.496 e. The lowest BCUT2D eigenvalue weighted by Gasteiger charge is -2.13. The number of unbranched alkanes of at least 4 members (excludes halogenated alkanes) is 1. The molecule has 4 heteroatoms. The molecule has 0 saturated heterocycles. The fourth-order valence-corrected chi connectivity index (χ4v) is 2.15. The van der Waals surface area contributed by atoms with Gasteiger partial charge in [0.05, 0.1) is 11.6 Å². The van der Waals surface area contributed by atoms with E-state index in [1.54, 1.807) is 7.11 Å². The summed E-state index contributed by atoms with van der Waals surface area (Å²) in [6, 6.07) is 6.04. The van der Waals surface area contributed by atoms with Crippen LogP contribution in [0.3, 0.4) is 0 Å². The van der Waals surface area contributed by atoms with Crippen LogP contribution in [0.2, 0.25) is 0 Å². The number of benzene rings is 1. The highest BCUT2D eigenvalue weighted by Crippen LogP contribution is 2.28. The molecule has 0 aromatic heterocycles. The zero-order valence-corrected chi connectivity index (χ0v) is 11.2. The van der Waals surface area contributed by atoms with Gasteiger partial charge < -0.3 is 16.2 Å². The zero-order valence-electron chi connectivity index (χ0n) is 9.58. The van der Waals surface area contributed by atoms with E-state index in [9.17, 15) is 0 Å². The highest BCUT2D eigenvalue weighted by Gasteiger charge is 2.08. The van der Waals surface area contributed by atoms with Gasteiger partial charge in [0.15, 0.2) is 0 Å². The van der Waals surface area contributed by atoms with E-state index in [-0.39, 0.29) is 6.04 Å². The molecule has 1 atom stereocenters. The SMILES string of the molecule is COc1ccc([C@@H](N)CCCCN)cc1Br. The maximum absolute atomic E-state index is 6.09. The van der Waals surface area contributed by atoms with Crippen molar-refractivity contribution in [2.75, 3.05) is 13.7 Å². The third-order valence-electron chi connectivity index (χ3n) is 2.57. The van der Waals surface area contributed by atoms with E-state index < -0.39 is 0 Å². The number of methoxy groups -OCH3 is 1. The number of hydrogen-bond acceptors (Lipinski definition) is 3. The summed E-state index contributed by atoms with van der Waals surface area (Å²) in [5, 5.41) is 0. The molecule has 0 aliphatic carbocycles. The van der Waals surface area contributed by atoms with E-state index in [4.69, 9.17) is 16.2 Å². The maximum atomic E-state index is 6.09. The topological polar surface area (TPSA) is 61.3 Å². The monoisotopic (exact) mass is 286 g/mol. The van der Waals surface area contributed by atoms with E-state index in [1.807, 2.05) is 18.2 Å². The summed E-state index contributed by atoms with van der Waals surface area (Å²) in [7, 11) is 1.65. The molecule has 90 valence electrons. The van der Waals surface area contributed by atoms with Gasteiger partial charge in [0, 0.05) is 6.04 Å². The van der Waals surface area contributed by atoms with Crippen molar-refractivity contribution in [2.24, 2.45) is 11.5 Å². The van der Waals surface area contributed by atoms with Crippen molar-refractivity contribution in [2.45, 2.75) is 25.3 Å². The van der Waals surface area contributed by atoms with Crippen molar-refractivity contribution in [3.05, 3.63) is 28.2 Å². The highest BCUT2D eigenvalue weighted by molar-refractivity contribution is 9.10. The van der Waals surface area contributed by atoms with Crippen LogP contribution >= 0.6 is 15.9 Å². The van der Waals surface area contributed by atoms with Crippen LogP contribution in [-0.2, 0) is 0 Å². The van der Waals surface area contributed by atoms with Gasteiger partial charge in [0.1, 0.15) is 5.75 Å². The molecule has 0 saturated carbocycles. The average Bonchev–Trinajstić information content (AvgIpc) is 2.29. The number of hydrogen-bond donors (Lipinski definition) is 2. The van der Waals surface area contributed by atoms with Crippen molar-refractivity contribution < 1.29 is 4.74 Å². The summed E-state index contributed by atoms with van der Waals surface area (Å²) < 4.78 is 6.12. The normalized spacial score (nSPS) is 12.5. The fraction of sp³-hybridized carbons (Fsp3) is 0.500. The molecule has 3 nitrogen and oxygen atoms in total. The first-order chi connectivity index (χ1) is 7.69. The van der Waals surface area contributed by atoms with Crippen LogP contribution in [0.1, 0.15) is 30.9 Å². The predicted octanol–water partition coefficient (Wildman–Crippen LogP) is 2.59. The Morgan fingerprint density at radius 3 is 2.69 bits per heavy atom. The summed E-state index contributed by atoms with van der Waals surface area (Å²) in [6.07, 6.45) is 3.07. The smallest absolute Gasteiger partial charge is 0.133 e. The van der Waals surface area contributed by atoms with Gasteiger partial charge in [0.2, 0.25) is 0 Å². The Morgan fingerprint density at radius 1 is 1.38 bits per heavy atom. The van der Waals surface area contributed by atoms with Crippen LogP contribution in [0.25, 0.3) is 0 Å². The second kappa shape index (κ2) is 6.89. The molecule has 0 aliphatic rings. The summed E-state index contributed by atoms with van der Waals surface area (Å²) in [6.45, 7) is 0.735. The minimum absolute atomic E-state index is 0.0776. The van der Waals surface area contributed by atoms with Crippen molar-refractivity contribution in [1.82, 2.24) is 0 Å². The highest BCUT2D eigenvalue weighted by atomic mass is 79.9. The lowest BCUT2D eigenvalue weighted by molar-refractivity contribution is 0.411. The second-order valence-corrected chi connectivity index (χ2v) is 4.64. The van der Waals surface area contributed by atoms with Crippen LogP contribution in [0.4, 0.5) is 0 Å². The first kappa shape index (κ1) is 13.5. The summed E-state index contributed by atoms with van der Waals surface area (Å²) in [5.74, 6) is 0.831. The summed E-state index contributed by atoms with van der Waals surface area (Å²) >= 11 is 3.46. The fourth-order valence-electron chi connectivity index (χ4n) is 1.59. The Hall–Kier alpha value is -0.580. The van der Waals surface area contributed by atoms with Gasteiger partial charge in [-0.1, -0.05) is 12.5 Å². The summed E-state index contributed by atoms with van der Waals surface area (Å²) in [5.41, 5.74) is 12.7. The quantitative estimate of drug-likeness (QED) is 0.790. The average molecular weight is 287 g/mol. The number of nitrogens with two attached hydrogens (primary N) is 2. The maximum Gasteiger partial charge on any atom is 0.133 e. The molecule has 0 spiro atoms. The van der Waals surface area contributed by atoms with Crippen LogP contribution in [0, 0.1) is 0 Å². The van der Waals surface area contributed by atoms with Crippen molar-refractivity contribution >= 4 is 15.9 Å². The van der Waals surface area contributed by atoms with E-state index in [2.05, 4.69) is 15.9 Å². The van der Waals surface area contributed by atoms with Gasteiger partial charge in [-0.2, -0.15) is 0 Å². The molecule has 0 aliphatic heterocycles. The number of ether oxygens (including phenoxy) is 1. The van der Waals surface area contributed by atoms with Gasteiger partial charge >= 0.3 is 0 Å². The molecule has 4 N–H and O–H groups in total. The van der Waals surface area contributed by atoms with E-state index in [0.29, 0.717) is 0 Å². The molecule has 0 bridgehead atoms. The Morgan fingerprint density at radius 2 is 2.12 bits per heavy atom. The van der Waals surface area contributed by atoms with E-state index >= 15 is 0 Å². The molecule has 16 heavy (non-hydrogen) atoms. The lowest BCUT2D eigenvalue weighted by Crippen LogP contribution is -2.11. The molecule has 1 aromatic carbocycles. The zero-order chi connectivity index (χ0) is 12.0. The Kier molecular flexibility index (Phi) is 5.80. The largest absolute Gasteiger partial charge is 0.496 e. The molecule has 1 rings (SSSR count). The molecule has 1 aromatic rings. The van der Waals surface area contributed by atoms with Gasteiger partial charge in [-0.25, -0.2) is 0 Å². The van der Waals surface area contributed by atoms with Crippen LogP contribution < -0.4 is 16.2 Å². The molecular weight excluding hydrogens is 268 g/mol. The minimum atomic E-state index is 0.0776. The first-order valence-electron chi connectivity index (χ1n) is 5.48. The molecule has 0 radical (unpaired) electrons. The molecular formula is C12H19BrN2O. The molecule has 0 amide bonds. The Bertz CT molecular complexity index is 331. The van der Waals surface area contributed by atoms with Crippen LogP contribution in [0.15, 0.2) is 22.7 Å². The molecule has 0 fully saturated rings. The standard InChI is InChI=1S/C12H19BrN2O/c1-16-12-6-5-9(8-10(12)13)11(15)4-2-3-7-14/h5-6,8,11H,2-4,7,14-15H2,1H3/t11-/m0/s1. The van der Waals surface area contributed by atoms with E-state index in [0.717, 1.165) is 41.6 Å². The second-order valence-electron chi connectivity index (χ2n) is 3.78. The van der Waals surface area contributed by atoms with Gasteiger partial charge in [-0.05, 0) is 53.0 Å². The third kappa shape index (κ3) is 3.77. The van der Waals surface area contributed by atoms with Gasteiger partial charge in [0.25, 0.3) is 0 Å². The molecule has 0 heterocycles. The predicted molar refractivity (Wildman–Crippen MR) is 70.5 cm³/mol. The number of halogens is 1. The van der Waals surface area contributed by atoms with Crippen molar-refractivity contribution in [1.29, 1.82) is 0 Å². The van der Waals surface area contributed by atoms with E-state index in [1.165, 1.54) is 0 Å². The summed E-state index contributed by atoms with van der Waals surface area (Å²) in [4.78, 5) is 0. The van der Waals surface area contributed by atoms with Crippen LogP contribution in [0.5, 0.6) is 5.75 Å². The Balaban J connectivity index is 2.62. The third-order valence-corrected chi connectivity index (χ3v) is 3.19. The van der Waals surface area contributed by atoms with Crippen LogP contribution in [-0.4, -0.2) is 13.7 Å². The first-order valence-corrected chi connectivity index (χ1v) is 6.27. The van der Waals surface area contributed by atoms with Crippen molar-refractivity contribution in [3.63, 3.8) is 0 Å².